The first-order valence-electron chi connectivity index (χ1n) is 9.46. The molecule has 160 valence electrons. The Bertz CT molecular complexity index is 738. The van der Waals surface area contributed by atoms with Gasteiger partial charge < -0.3 is 0 Å². The number of hydrogen-bond acceptors (Lipinski definition) is 7. The first kappa shape index (κ1) is 24.5. The first-order valence-corrected chi connectivity index (χ1v) is 13.4. The van der Waals surface area contributed by atoms with Gasteiger partial charge in [-0.05, 0) is 0 Å². The second-order valence-corrected chi connectivity index (χ2v) is 12.6. The number of esters is 2. The number of rotatable bonds is 11. The second kappa shape index (κ2) is 10.9. The Hall–Kier alpha value is -1.50. The molecular formula is C19H31O7PS. The fraction of sp³-hybridized carbons (Fsp3) is 0.579. The molecule has 0 N–H and O–H groups in total. The monoisotopic (exact) mass is 434 g/mol. The molecule has 1 aromatic carbocycles. The van der Waals surface area contributed by atoms with Gasteiger partial charge in [0.1, 0.15) is 0 Å². The van der Waals surface area contributed by atoms with E-state index in [-0.39, 0.29) is 16.0 Å². The molecule has 0 aromatic heterocycles. The molecule has 0 heterocycles. The minimum absolute atomic E-state index is 0.0543. The van der Waals surface area contributed by atoms with E-state index < -0.39 is 29.5 Å². The van der Waals surface area contributed by atoms with Gasteiger partial charge in [0, 0.05) is 0 Å². The summed E-state index contributed by atoms with van der Waals surface area (Å²) in [4.78, 5) is 23.7. The standard InChI is InChI=1S/C19H31O7PS/c1-6-9-27(10-7-2,11-8-3)26-28(22,23)17-13-15(18(20)24-4)12-16(14-17)19(21)25-5/h12-14,27H,6-11H2,1-5H3. The van der Waals surface area contributed by atoms with E-state index in [0.717, 1.165) is 37.7 Å². The van der Waals surface area contributed by atoms with Gasteiger partial charge in [0.05, 0.1) is 0 Å². The number of carbonyl (C=O) groups excluding carboxylic acids is 2. The van der Waals surface area contributed by atoms with Crippen molar-refractivity contribution in [1.29, 1.82) is 0 Å². The summed E-state index contributed by atoms with van der Waals surface area (Å²) in [6, 6.07) is 3.60. The number of carbonyl (C=O) groups is 2. The summed E-state index contributed by atoms with van der Waals surface area (Å²) >= 11 is 0. The Kier molecular flexibility index (Phi) is 9.54. The fourth-order valence-electron chi connectivity index (χ4n) is 3.36. The maximum atomic E-state index is 13.1. The van der Waals surface area contributed by atoms with Gasteiger partial charge >= 0.3 is 168 Å². The molecule has 28 heavy (non-hydrogen) atoms. The Morgan fingerprint density at radius 2 is 1.21 bits per heavy atom. The van der Waals surface area contributed by atoms with Crippen LogP contribution in [-0.4, -0.2) is 53.1 Å². The van der Waals surface area contributed by atoms with Crippen LogP contribution in [0.1, 0.15) is 60.7 Å². The number of methoxy groups -OCH3 is 2. The van der Waals surface area contributed by atoms with Crippen LogP contribution in [-0.2, 0) is 23.6 Å². The van der Waals surface area contributed by atoms with Crippen molar-refractivity contribution in [3.05, 3.63) is 29.3 Å². The zero-order valence-corrected chi connectivity index (χ0v) is 19.1. The van der Waals surface area contributed by atoms with Gasteiger partial charge in [-0.2, -0.15) is 0 Å². The SMILES string of the molecule is CCC[PH](CCC)(CCC)OS(=O)(=O)c1cc(C(=O)OC)cc(C(=O)OC)c1. The van der Waals surface area contributed by atoms with E-state index in [1.165, 1.54) is 32.4 Å². The molecule has 0 aliphatic carbocycles. The van der Waals surface area contributed by atoms with E-state index in [0.29, 0.717) is 0 Å². The summed E-state index contributed by atoms with van der Waals surface area (Å²) in [6.07, 6.45) is 4.68. The number of ether oxygens (including phenoxy) is 2. The van der Waals surface area contributed by atoms with Crippen molar-refractivity contribution < 1.29 is 31.5 Å². The average Bonchev–Trinajstić information content (AvgIpc) is 2.66. The van der Waals surface area contributed by atoms with E-state index in [4.69, 9.17) is 3.97 Å². The molecular weight excluding hydrogens is 403 g/mol. The molecule has 0 aliphatic rings. The van der Waals surface area contributed by atoms with Crippen molar-refractivity contribution in [2.75, 3.05) is 32.7 Å². The van der Waals surface area contributed by atoms with Gasteiger partial charge in [-0.25, -0.2) is 0 Å². The number of benzene rings is 1. The van der Waals surface area contributed by atoms with Gasteiger partial charge in [-0.3, -0.25) is 0 Å². The summed E-state index contributed by atoms with van der Waals surface area (Å²) < 4.78 is 41.4. The van der Waals surface area contributed by atoms with Crippen LogP contribution in [0.15, 0.2) is 23.1 Å². The Labute approximate surface area is 168 Å². The van der Waals surface area contributed by atoms with Gasteiger partial charge in [-0.1, -0.05) is 0 Å². The summed E-state index contributed by atoms with van der Waals surface area (Å²) in [6.45, 7) is 6.03. The van der Waals surface area contributed by atoms with E-state index in [1.807, 2.05) is 20.8 Å². The molecule has 0 aliphatic heterocycles. The van der Waals surface area contributed by atoms with Gasteiger partial charge in [0.15, 0.2) is 0 Å². The molecule has 0 radical (unpaired) electrons. The van der Waals surface area contributed by atoms with Crippen LogP contribution >= 0.6 is 7.49 Å². The third kappa shape index (κ3) is 6.26. The molecule has 0 fully saturated rings. The molecule has 0 saturated heterocycles. The molecule has 1 rings (SSSR count). The normalized spacial score (nSPS) is 12.5. The van der Waals surface area contributed by atoms with Crippen molar-refractivity contribution in [2.24, 2.45) is 0 Å². The quantitative estimate of drug-likeness (QED) is 0.385. The Morgan fingerprint density at radius 3 is 1.54 bits per heavy atom. The van der Waals surface area contributed by atoms with Crippen LogP contribution in [0.3, 0.4) is 0 Å². The minimum atomic E-state index is -4.17. The zero-order valence-electron chi connectivity index (χ0n) is 17.2. The summed E-state index contributed by atoms with van der Waals surface area (Å²) in [5.74, 6) is -1.50. The van der Waals surface area contributed by atoms with E-state index in [2.05, 4.69) is 9.47 Å². The topological polar surface area (TPSA) is 96.0 Å². The Morgan fingerprint density at radius 1 is 0.821 bits per heavy atom. The third-order valence-electron chi connectivity index (χ3n) is 4.44. The fourth-order valence-corrected chi connectivity index (χ4v) is 10.6. The first-order chi connectivity index (χ1) is 13.2. The van der Waals surface area contributed by atoms with Gasteiger partial charge in [-0.15, -0.1) is 0 Å². The van der Waals surface area contributed by atoms with Crippen molar-refractivity contribution in [3.8, 4) is 0 Å². The van der Waals surface area contributed by atoms with Crippen LogP contribution in [0.25, 0.3) is 0 Å². The summed E-state index contributed by atoms with van der Waals surface area (Å²) in [5, 5.41) is 0. The molecule has 0 amide bonds. The van der Waals surface area contributed by atoms with Crippen LogP contribution < -0.4 is 0 Å². The van der Waals surface area contributed by atoms with Gasteiger partial charge in [0.2, 0.25) is 0 Å². The van der Waals surface area contributed by atoms with Crippen molar-refractivity contribution >= 4 is 29.5 Å². The van der Waals surface area contributed by atoms with E-state index in [1.54, 1.807) is 0 Å². The third-order valence-corrected chi connectivity index (χ3v) is 11.8. The molecule has 1 aromatic rings. The molecule has 0 bridgehead atoms. The maximum absolute atomic E-state index is 13.1. The molecule has 7 nitrogen and oxygen atoms in total. The molecule has 0 saturated carbocycles. The van der Waals surface area contributed by atoms with Crippen molar-refractivity contribution in [2.45, 2.75) is 44.9 Å². The Balaban J connectivity index is 3.48. The molecule has 0 spiro atoms. The molecule has 0 atom stereocenters. The van der Waals surface area contributed by atoms with E-state index >= 15 is 0 Å². The average molecular weight is 434 g/mol. The van der Waals surface area contributed by atoms with E-state index in [9.17, 15) is 18.0 Å². The predicted molar refractivity (Wildman–Crippen MR) is 111 cm³/mol. The zero-order chi connectivity index (χ0) is 21.4. The van der Waals surface area contributed by atoms with Gasteiger partial charge in [0.25, 0.3) is 0 Å². The van der Waals surface area contributed by atoms with Crippen LogP contribution in [0.4, 0.5) is 0 Å². The molecule has 9 heteroatoms. The summed E-state index contributed by atoms with van der Waals surface area (Å²) in [7, 11) is -4.35. The van der Waals surface area contributed by atoms with Crippen LogP contribution in [0, 0.1) is 0 Å². The van der Waals surface area contributed by atoms with Crippen molar-refractivity contribution in [1.82, 2.24) is 0 Å². The van der Waals surface area contributed by atoms with Crippen LogP contribution in [0.2, 0.25) is 0 Å². The van der Waals surface area contributed by atoms with Crippen LogP contribution in [0.5, 0.6) is 0 Å². The predicted octanol–water partition coefficient (Wildman–Crippen LogP) is 3.86. The van der Waals surface area contributed by atoms with Crippen molar-refractivity contribution in [3.63, 3.8) is 0 Å². The molecule has 0 unspecified atom stereocenters. The number of hydrogen-bond donors (Lipinski definition) is 0. The second-order valence-electron chi connectivity index (χ2n) is 6.70. The summed E-state index contributed by atoms with van der Waals surface area (Å²) in [5.41, 5.74) is -0.109.